The Kier molecular flexibility index (Phi) is 3.60. The molecule has 0 saturated heterocycles. The van der Waals surface area contributed by atoms with E-state index in [4.69, 9.17) is 0 Å². The van der Waals surface area contributed by atoms with Crippen molar-refractivity contribution < 1.29 is 12.6 Å². The molecule has 0 radical (unpaired) electrons. The highest BCUT2D eigenvalue weighted by Crippen LogP contribution is 2.02. The van der Waals surface area contributed by atoms with Gasteiger partial charge < -0.3 is 0 Å². The molecule has 0 aromatic carbocycles. The number of hydrogen-bond acceptors (Lipinski definition) is 3. The minimum atomic E-state index is -3.32. The standard InChI is InChI=1S/C6H12O3S/c1-4-6(5-2)9-10(3,7)8/h4,6H,1,5H2,2-3H3. The van der Waals surface area contributed by atoms with E-state index in [-0.39, 0.29) is 6.10 Å². The van der Waals surface area contributed by atoms with Gasteiger partial charge in [-0.2, -0.15) is 8.42 Å². The van der Waals surface area contributed by atoms with Crippen LogP contribution in [0.2, 0.25) is 0 Å². The summed E-state index contributed by atoms with van der Waals surface area (Å²) in [6.45, 7) is 5.26. The topological polar surface area (TPSA) is 43.4 Å². The molecule has 0 fully saturated rings. The molecule has 0 aromatic rings. The molecule has 0 aliphatic heterocycles. The van der Waals surface area contributed by atoms with E-state index in [2.05, 4.69) is 10.8 Å². The Balaban J connectivity index is 4.00. The third-order valence-corrected chi connectivity index (χ3v) is 1.56. The van der Waals surface area contributed by atoms with Crippen LogP contribution >= 0.6 is 0 Å². The Labute approximate surface area is 61.8 Å². The van der Waals surface area contributed by atoms with Crippen molar-refractivity contribution in [3.8, 4) is 0 Å². The van der Waals surface area contributed by atoms with Gasteiger partial charge >= 0.3 is 0 Å². The molecule has 0 aliphatic rings. The average Bonchev–Trinajstić information content (AvgIpc) is 1.81. The maximum atomic E-state index is 10.5. The van der Waals surface area contributed by atoms with Crippen LogP contribution in [0, 0.1) is 0 Å². The van der Waals surface area contributed by atoms with Crippen molar-refractivity contribution in [3.05, 3.63) is 12.7 Å². The van der Waals surface area contributed by atoms with Crippen LogP contribution in [0.5, 0.6) is 0 Å². The van der Waals surface area contributed by atoms with Gasteiger partial charge in [0.1, 0.15) is 0 Å². The lowest BCUT2D eigenvalue weighted by Gasteiger charge is -2.07. The van der Waals surface area contributed by atoms with Gasteiger partial charge in [-0.25, -0.2) is 0 Å². The molecule has 0 heterocycles. The van der Waals surface area contributed by atoms with E-state index in [0.29, 0.717) is 6.42 Å². The quantitative estimate of drug-likeness (QED) is 0.458. The van der Waals surface area contributed by atoms with Gasteiger partial charge in [-0.15, -0.1) is 6.58 Å². The highest BCUT2D eigenvalue weighted by atomic mass is 32.2. The summed E-state index contributed by atoms with van der Waals surface area (Å²) in [6, 6.07) is 0. The van der Waals surface area contributed by atoms with Crippen molar-refractivity contribution in [1.82, 2.24) is 0 Å². The van der Waals surface area contributed by atoms with Gasteiger partial charge in [-0.05, 0) is 6.42 Å². The highest BCUT2D eigenvalue weighted by molar-refractivity contribution is 7.86. The summed E-state index contributed by atoms with van der Waals surface area (Å²) < 4.78 is 25.6. The zero-order valence-electron chi connectivity index (χ0n) is 6.20. The molecule has 1 unspecified atom stereocenters. The van der Waals surface area contributed by atoms with Gasteiger partial charge in [0.2, 0.25) is 0 Å². The summed E-state index contributed by atoms with van der Waals surface area (Å²) in [5, 5.41) is 0. The summed E-state index contributed by atoms with van der Waals surface area (Å²) in [4.78, 5) is 0. The maximum absolute atomic E-state index is 10.5. The molecular formula is C6H12O3S. The molecule has 1 atom stereocenters. The van der Waals surface area contributed by atoms with E-state index >= 15 is 0 Å². The Morgan fingerprint density at radius 2 is 2.20 bits per heavy atom. The van der Waals surface area contributed by atoms with Crippen LogP contribution in [0.25, 0.3) is 0 Å². The smallest absolute Gasteiger partial charge is 0.263 e. The molecular weight excluding hydrogens is 152 g/mol. The average molecular weight is 164 g/mol. The first kappa shape index (κ1) is 9.65. The summed E-state index contributed by atoms with van der Waals surface area (Å²) in [7, 11) is -3.32. The Bertz CT molecular complexity index is 193. The summed E-state index contributed by atoms with van der Waals surface area (Å²) >= 11 is 0. The second-order valence-corrected chi connectivity index (χ2v) is 3.58. The predicted molar refractivity (Wildman–Crippen MR) is 40.2 cm³/mol. The summed E-state index contributed by atoms with van der Waals surface area (Å²) in [6.07, 6.45) is 2.74. The zero-order chi connectivity index (χ0) is 8.20. The highest BCUT2D eigenvalue weighted by Gasteiger charge is 2.08. The molecule has 0 bridgehead atoms. The van der Waals surface area contributed by atoms with Gasteiger partial charge in [0.05, 0.1) is 12.4 Å². The van der Waals surface area contributed by atoms with E-state index in [9.17, 15) is 8.42 Å². The van der Waals surface area contributed by atoms with Gasteiger partial charge in [0.25, 0.3) is 10.1 Å². The van der Waals surface area contributed by atoms with Crippen molar-refractivity contribution in [3.63, 3.8) is 0 Å². The van der Waals surface area contributed by atoms with Crippen molar-refractivity contribution in [2.45, 2.75) is 19.4 Å². The van der Waals surface area contributed by atoms with Crippen LogP contribution in [-0.4, -0.2) is 20.8 Å². The molecule has 4 heteroatoms. The van der Waals surface area contributed by atoms with Crippen LogP contribution in [0.15, 0.2) is 12.7 Å². The van der Waals surface area contributed by atoms with Gasteiger partial charge in [-0.3, -0.25) is 4.18 Å². The lowest BCUT2D eigenvalue weighted by Crippen LogP contribution is -2.13. The van der Waals surface area contributed by atoms with Crippen molar-refractivity contribution in [2.24, 2.45) is 0 Å². The first-order valence-corrected chi connectivity index (χ1v) is 4.82. The molecule has 0 amide bonds. The largest absolute Gasteiger partial charge is 0.264 e. The fraction of sp³-hybridized carbons (Fsp3) is 0.667. The molecule has 0 N–H and O–H groups in total. The molecule has 3 nitrogen and oxygen atoms in total. The van der Waals surface area contributed by atoms with Crippen molar-refractivity contribution in [1.29, 1.82) is 0 Å². The summed E-state index contributed by atoms with van der Waals surface area (Å²) in [5.74, 6) is 0. The molecule has 0 saturated carbocycles. The monoisotopic (exact) mass is 164 g/mol. The minimum Gasteiger partial charge on any atom is -0.263 e. The first-order valence-electron chi connectivity index (χ1n) is 3.00. The van der Waals surface area contributed by atoms with E-state index < -0.39 is 10.1 Å². The molecule has 60 valence electrons. The van der Waals surface area contributed by atoms with Crippen LogP contribution < -0.4 is 0 Å². The van der Waals surface area contributed by atoms with E-state index in [1.165, 1.54) is 6.08 Å². The fourth-order valence-electron chi connectivity index (χ4n) is 0.499. The number of hydrogen-bond donors (Lipinski definition) is 0. The third-order valence-electron chi connectivity index (χ3n) is 0.964. The molecule has 0 aromatic heterocycles. The van der Waals surface area contributed by atoms with Crippen molar-refractivity contribution in [2.75, 3.05) is 6.26 Å². The normalized spacial score (nSPS) is 14.6. The molecule has 0 aliphatic carbocycles. The number of rotatable bonds is 4. The fourth-order valence-corrected chi connectivity index (χ4v) is 1.16. The Morgan fingerprint density at radius 1 is 1.70 bits per heavy atom. The SMILES string of the molecule is C=CC(CC)OS(C)(=O)=O. The lowest BCUT2D eigenvalue weighted by atomic mass is 10.3. The Morgan fingerprint density at radius 3 is 2.30 bits per heavy atom. The van der Waals surface area contributed by atoms with Crippen LogP contribution in [0.1, 0.15) is 13.3 Å². The second kappa shape index (κ2) is 3.73. The Hall–Kier alpha value is -0.350. The van der Waals surface area contributed by atoms with Crippen LogP contribution in [-0.2, 0) is 14.3 Å². The lowest BCUT2D eigenvalue weighted by molar-refractivity contribution is 0.254. The molecule has 10 heavy (non-hydrogen) atoms. The third kappa shape index (κ3) is 4.52. The molecule has 0 rings (SSSR count). The van der Waals surface area contributed by atoms with Gasteiger partial charge in [-0.1, -0.05) is 13.0 Å². The predicted octanol–water partition coefficient (Wildman–Crippen LogP) is 0.927. The minimum absolute atomic E-state index is 0.380. The zero-order valence-corrected chi connectivity index (χ0v) is 7.02. The first-order chi connectivity index (χ1) is 4.49. The molecule has 0 spiro atoms. The van der Waals surface area contributed by atoms with Gasteiger partial charge in [0.15, 0.2) is 0 Å². The van der Waals surface area contributed by atoms with Crippen molar-refractivity contribution >= 4 is 10.1 Å². The van der Waals surface area contributed by atoms with E-state index in [0.717, 1.165) is 6.26 Å². The summed E-state index contributed by atoms with van der Waals surface area (Å²) in [5.41, 5.74) is 0. The van der Waals surface area contributed by atoms with Crippen LogP contribution in [0.3, 0.4) is 0 Å². The van der Waals surface area contributed by atoms with Crippen LogP contribution in [0.4, 0.5) is 0 Å². The van der Waals surface area contributed by atoms with Gasteiger partial charge in [0, 0.05) is 0 Å². The van der Waals surface area contributed by atoms with E-state index in [1.54, 1.807) is 0 Å². The maximum Gasteiger partial charge on any atom is 0.264 e. The van der Waals surface area contributed by atoms with E-state index in [1.807, 2.05) is 6.92 Å². The second-order valence-electron chi connectivity index (χ2n) is 1.98.